The Labute approximate surface area is 110 Å². The molecule has 1 aliphatic rings. The Bertz CT molecular complexity index is 399. The number of nitrogens with one attached hydrogen (secondary N) is 1. The van der Waals surface area contributed by atoms with Crippen molar-refractivity contribution in [2.75, 3.05) is 45.0 Å². The van der Waals surface area contributed by atoms with Crippen molar-refractivity contribution in [2.45, 2.75) is 24.8 Å². The Morgan fingerprint density at radius 3 is 2.50 bits per heavy atom. The van der Waals surface area contributed by atoms with Crippen molar-refractivity contribution < 1.29 is 0 Å². The molecule has 0 aliphatic heterocycles. The number of hydrogen-bond donors (Lipinski definition) is 1. The van der Waals surface area contributed by atoms with Gasteiger partial charge in [-0.2, -0.15) is 0 Å². The molecule has 0 amide bonds. The van der Waals surface area contributed by atoms with Gasteiger partial charge in [-0.05, 0) is 45.5 Å². The van der Waals surface area contributed by atoms with Gasteiger partial charge >= 0.3 is 0 Å². The lowest BCUT2D eigenvalue weighted by atomic mass is 9.75. The van der Waals surface area contributed by atoms with E-state index in [9.17, 15) is 0 Å². The highest BCUT2D eigenvalue weighted by Gasteiger charge is 2.40. The standard InChI is InChI=1S/C14H24N4/c1-15-12-7-5-8-13(16-12)18(4)11-14(17(2)3)9-6-10-14/h5,7-8H,6,9-11H2,1-4H3,(H,15,16). The largest absolute Gasteiger partial charge is 0.373 e. The van der Waals surface area contributed by atoms with Crippen LogP contribution in [0.1, 0.15) is 19.3 Å². The lowest BCUT2D eigenvalue weighted by Gasteiger charge is -2.49. The minimum absolute atomic E-state index is 0.339. The molecule has 100 valence electrons. The van der Waals surface area contributed by atoms with Crippen LogP contribution in [0.15, 0.2) is 18.2 Å². The summed E-state index contributed by atoms with van der Waals surface area (Å²) in [6, 6.07) is 6.11. The van der Waals surface area contributed by atoms with Crippen LogP contribution in [0.4, 0.5) is 11.6 Å². The monoisotopic (exact) mass is 248 g/mol. The summed E-state index contributed by atoms with van der Waals surface area (Å²) < 4.78 is 0. The van der Waals surface area contributed by atoms with Crippen molar-refractivity contribution in [1.82, 2.24) is 9.88 Å². The fourth-order valence-corrected chi connectivity index (χ4v) is 2.63. The number of likely N-dealkylation sites (N-methyl/N-ethyl adjacent to an activating group) is 2. The van der Waals surface area contributed by atoms with Gasteiger partial charge in [0.15, 0.2) is 0 Å². The predicted molar refractivity (Wildman–Crippen MR) is 77.3 cm³/mol. The zero-order chi connectivity index (χ0) is 13.2. The molecule has 1 fully saturated rings. The molecule has 1 N–H and O–H groups in total. The maximum Gasteiger partial charge on any atom is 0.130 e. The van der Waals surface area contributed by atoms with Crippen LogP contribution in [0.25, 0.3) is 0 Å². The molecule has 2 rings (SSSR count). The average molecular weight is 248 g/mol. The van der Waals surface area contributed by atoms with Crippen LogP contribution in [0, 0.1) is 0 Å². The Hall–Kier alpha value is -1.29. The first-order chi connectivity index (χ1) is 8.57. The van der Waals surface area contributed by atoms with Crippen LogP contribution in [-0.2, 0) is 0 Å². The maximum absolute atomic E-state index is 4.59. The molecular formula is C14H24N4. The molecule has 0 unspecified atom stereocenters. The fraction of sp³-hybridized carbons (Fsp3) is 0.643. The second kappa shape index (κ2) is 5.14. The Balaban J connectivity index is 2.09. The van der Waals surface area contributed by atoms with Crippen molar-refractivity contribution in [3.8, 4) is 0 Å². The highest BCUT2D eigenvalue weighted by molar-refractivity contribution is 5.46. The lowest BCUT2D eigenvalue weighted by Crippen LogP contribution is -2.56. The van der Waals surface area contributed by atoms with Crippen molar-refractivity contribution in [3.05, 3.63) is 18.2 Å². The average Bonchev–Trinajstić information content (AvgIpc) is 2.33. The predicted octanol–water partition coefficient (Wildman–Crippen LogP) is 2.04. The summed E-state index contributed by atoms with van der Waals surface area (Å²) in [4.78, 5) is 9.22. The molecule has 0 radical (unpaired) electrons. The number of anilines is 2. The van der Waals surface area contributed by atoms with Crippen LogP contribution in [-0.4, -0.2) is 50.2 Å². The van der Waals surface area contributed by atoms with E-state index < -0.39 is 0 Å². The number of pyridine rings is 1. The van der Waals surface area contributed by atoms with Gasteiger partial charge in [-0.15, -0.1) is 0 Å². The highest BCUT2D eigenvalue weighted by atomic mass is 15.3. The molecule has 0 atom stereocenters. The molecule has 4 nitrogen and oxygen atoms in total. The summed E-state index contributed by atoms with van der Waals surface area (Å²) in [6.07, 6.45) is 3.92. The van der Waals surface area contributed by atoms with E-state index in [0.717, 1.165) is 18.2 Å². The zero-order valence-electron chi connectivity index (χ0n) is 11.9. The van der Waals surface area contributed by atoms with Gasteiger partial charge in [-0.1, -0.05) is 6.07 Å². The molecule has 18 heavy (non-hydrogen) atoms. The smallest absolute Gasteiger partial charge is 0.130 e. The van der Waals surface area contributed by atoms with E-state index in [-0.39, 0.29) is 0 Å². The van der Waals surface area contributed by atoms with Gasteiger partial charge in [0.2, 0.25) is 0 Å². The van der Waals surface area contributed by atoms with Gasteiger partial charge in [0.25, 0.3) is 0 Å². The Kier molecular flexibility index (Phi) is 3.76. The summed E-state index contributed by atoms with van der Waals surface area (Å²) in [7, 11) is 8.40. The minimum atomic E-state index is 0.339. The summed E-state index contributed by atoms with van der Waals surface area (Å²) in [6.45, 7) is 1.04. The third-order valence-corrected chi connectivity index (χ3v) is 4.15. The Morgan fingerprint density at radius 1 is 1.28 bits per heavy atom. The molecule has 1 aromatic rings. The van der Waals surface area contributed by atoms with Crippen LogP contribution in [0.2, 0.25) is 0 Å². The molecule has 1 heterocycles. The van der Waals surface area contributed by atoms with Crippen LogP contribution in [0.3, 0.4) is 0 Å². The first-order valence-corrected chi connectivity index (χ1v) is 6.61. The van der Waals surface area contributed by atoms with Crippen molar-refractivity contribution in [1.29, 1.82) is 0 Å². The van der Waals surface area contributed by atoms with E-state index in [0.29, 0.717) is 5.54 Å². The third-order valence-electron chi connectivity index (χ3n) is 4.15. The maximum atomic E-state index is 4.59. The van der Waals surface area contributed by atoms with E-state index in [1.54, 1.807) is 0 Å². The van der Waals surface area contributed by atoms with E-state index in [2.05, 4.69) is 47.3 Å². The Morgan fingerprint density at radius 2 is 2.00 bits per heavy atom. The fourth-order valence-electron chi connectivity index (χ4n) is 2.63. The van der Waals surface area contributed by atoms with E-state index in [4.69, 9.17) is 0 Å². The van der Waals surface area contributed by atoms with E-state index in [1.807, 2.05) is 19.2 Å². The molecule has 0 spiro atoms. The zero-order valence-corrected chi connectivity index (χ0v) is 11.9. The van der Waals surface area contributed by atoms with Crippen molar-refractivity contribution in [2.24, 2.45) is 0 Å². The van der Waals surface area contributed by atoms with Gasteiger partial charge < -0.3 is 15.1 Å². The second-order valence-corrected chi connectivity index (χ2v) is 5.46. The van der Waals surface area contributed by atoms with E-state index in [1.165, 1.54) is 19.3 Å². The number of aromatic nitrogens is 1. The van der Waals surface area contributed by atoms with Gasteiger partial charge in [0.05, 0.1) is 0 Å². The lowest BCUT2D eigenvalue weighted by molar-refractivity contribution is 0.0682. The first-order valence-electron chi connectivity index (χ1n) is 6.61. The highest BCUT2D eigenvalue weighted by Crippen LogP contribution is 2.37. The van der Waals surface area contributed by atoms with Crippen LogP contribution in [0.5, 0.6) is 0 Å². The molecule has 0 aromatic carbocycles. The second-order valence-electron chi connectivity index (χ2n) is 5.46. The molecule has 1 aromatic heterocycles. The SMILES string of the molecule is CNc1cccc(N(C)CC2(N(C)C)CCC2)n1. The van der Waals surface area contributed by atoms with Crippen LogP contribution < -0.4 is 10.2 Å². The molecule has 1 saturated carbocycles. The molecule has 0 saturated heterocycles. The van der Waals surface area contributed by atoms with Gasteiger partial charge in [0, 0.05) is 26.2 Å². The summed E-state index contributed by atoms with van der Waals surface area (Å²) >= 11 is 0. The molecular weight excluding hydrogens is 224 g/mol. The van der Waals surface area contributed by atoms with Crippen molar-refractivity contribution in [3.63, 3.8) is 0 Å². The topological polar surface area (TPSA) is 31.4 Å². The summed E-state index contributed by atoms with van der Waals surface area (Å²) in [5.41, 5.74) is 0.339. The quantitative estimate of drug-likeness (QED) is 0.864. The van der Waals surface area contributed by atoms with Gasteiger partial charge in [0.1, 0.15) is 11.6 Å². The third kappa shape index (κ3) is 2.43. The molecule has 0 bridgehead atoms. The van der Waals surface area contributed by atoms with Gasteiger partial charge in [-0.3, -0.25) is 0 Å². The summed E-state index contributed by atoms with van der Waals surface area (Å²) in [5.74, 6) is 1.96. The minimum Gasteiger partial charge on any atom is -0.373 e. The normalized spacial score (nSPS) is 17.4. The number of hydrogen-bond acceptors (Lipinski definition) is 4. The van der Waals surface area contributed by atoms with Gasteiger partial charge in [-0.25, -0.2) is 4.98 Å². The molecule has 4 heteroatoms. The van der Waals surface area contributed by atoms with Crippen LogP contribution >= 0.6 is 0 Å². The number of nitrogens with zero attached hydrogens (tertiary/aromatic N) is 3. The summed E-state index contributed by atoms with van der Waals surface area (Å²) in [5, 5.41) is 3.09. The molecule has 1 aliphatic carbocycles. The number of rotatable bonds is 5. The van der Waals surface area contributed by atoms with Crippen molar-refractivity contribution >= 4 is 11.6 Å². The first kappa shape index (κ1) is 13.1. The van der Waals surface area contributed by atoms with E-state index >= 15 is 0 Å².